The van der Waals surface area contributed by atoms with E-state index in [0.29, 0.717) is 12.5 Å². The molecule has 3 nitrogen and oxygen atoms in total. The van der Waals surface area contributed by atoms with Crippen molar-refractivity contribution in [3.05, 3.63) is 35.4 Å². The molecule has 1 aromatic rings. The molecule has 0 spiro atoms. The lowest BCUT2D eigenvalue weighted by atomic mass is 9.88. The van der Waals surface area contributed by atoms with Crippen molar-refractivity contribution in [1.82, 2.24) is 4.90 Å². The molecule has 3 heteroatoms. The maximum Gasteiger partial charge on any atom is 0.115 e. The van der Waals surface area contributed by atoms with Crippen LogP contribution in [0.5, 0.6) is 0 Å². The van der Waals surface area contributed by atoms with Crippen LogP contribution >= 0.6 is 0 Å². The first-order chi connectivity index (χ1) is 8.16. The molecule has 2 atom stereocenters. The Balaban J connectivity index is 2.04. The molecule has 0 radical (unpaired) electrons. The summed E-state index contributed by atoms with van der Waals surface area (Å²) < 4.78 is 0. The molecular formula is C14H22N2O. The van der Waals surface area contributed by atoms with Gasteiger partial charge in [-0.15, -0.1) is 0 Å². The summed E-state index contributed by atoms with van der Waals surface area (Å²) in [5.41, 5.74) is 8.27. The van der Waals surface area contributed by atoms with Gasteiger partial charge in [-0.05, 0) is 43.4 Å². The van der Waals surface area contributed by atoms with Crippen molar-refractivity contribution in [1.29, 1.82) is 0 Å². The predicted octanol–water partition coefficient (Wildman–Crippen LogP) is 1.45. The van der Waals surface area contributed by atoms with E-state index in [-0.39, 0.29) is 0 Å². The zero-order valence-electron chi connectivity index (χ0n) is 10.5. The van der Waals surface area contributed by atoms with Crippen molar-refractivity contribution in [3.63, 3.8) is 0 Å². The third kappa shape index (κ3) is 3.28. The Labute approximate surface area is 103 Å². The Hall–Kier alpha value is -0.900. The highest BCUT2D eigenvalue weighted by Crippen LogP contribution is 2.28. The molecule has 3 N–H and O–H groups in total. The molecule has 1 aliphatic heterocycles. The van der Waals surface area contributed by atoms with Crippen molar-refractivity contribution in [3.8, 4) is 0 Å². The molecule has 2 rings (SSSR count). The highest BCUT2D eigenvalue weighted by molar-refractivity contribution is 5.29. The standard InChI is InChI=1S/C14H22N2O/c1-11-5-2-3-7-13(11)12-6-4-8-16(9-12)10-14(15)17/h2-3,5,7,12,14,17H,4,6,8-10,15H2,1H3. The van der Waals surface area contributed by atoms with Gasteiger partial charge in [0.25, 0.3) is 0 Å². The maximum atomic E-state index is 9.25. The molecule has 2 unspecified atom stereocenters. The third-order valence-electron chi connectivity index (χ3n) is 3.58. The van der Waals surface area contributed by atoms with Gasteiger partial charge >= 0.3 is 0 Å². The highest BCUT2D eigenvalue weighted by atomic mass is 16.3. The number of piperidine rings is 1. The number of aliphatic hydroxyl groups is 1. The summed E-state index contributed by atoms with van der Waals surface area (Å²) in [5.74, 6) is 0.587. The van der Waals surface area contributed by atoms with Crippen molar-refractivity contribution < 1.29 is 5.11 Å². The Kier molecular flexibility index (Phi) is 4.15. The fourth-order valence-electron chi connectivity index (χ4n) is 2.78. The Morgan fingerprint density at radius 1 is 1.47 bits per heavy atom. The summed E-state index contributed by atoms with van der Waals surface area (Å²) in [7, 11) is 0. The smallest absolute Gasteiger partial charge is 0.115 e. The molecular weight excluding hydrogens is 212 g/mol. The third-order valence-corrected chi connectivity index (χ3v) is 3.58. The van der Waals surface area contributed by atoms with E-state index >= 15 is 0 Å². The van der Waals surface area contributed by atoms with Crippen LogP contribution in [0.3, 0.4) is 0 Å². The molecule has 0 aromatic heterocycles. The second-order valence-corrected chi connectivity index (χ2v) is 5.02. The number of rotatable bonds is 3. The largest absolute Gasteiger partial charge is 0.377 e. The average Bonchev–Trinajstić information content (AvgIpc) is 2.29. The summed E-state index contributed by atoms with van der Waals surface area (Å²) in [5, 5.41) is 9.25. The predicted molar refractivity (Wildman–Crippen MR) is 69.8 cm³/mol. The summed E-state index contributed by atoms with van der Waals surface area (Å²) in [6.07, 6.45) is 1.71. The first-order valence-corrected chi connectivity index (χ1v) is 6.38. The van der Waals surface area contributed by atoms with E-state index in [9.17, 15) is 5.11 Å². The van der Waals surface area contributed by atoms with E-state index < -0.39 is 6.23 Å². The van der Waals surface area contributed by atoms with Gasteiger partial charge in [0, 0.05) is 13.1 Å². The summed E-state index contributed by atoms with van der Waals surface area (Å²) in [4.78, 5) is 2.27. The molecule has 1 saturated heterocycles. The molecule has 17 heavy (non-hydrogen) atoms. The second-order valence-electron chi connectivity index (χ2n) is 5.02. The zero-order chi connectivity index (χ0) is 12.3. The van der Waals surface area contributed by atoms with Gasteiger partial charge in [-0.3, -0.25) is 4.90 Å². The summed E-state index contributed by atoms with van der Waals surface area (Å²) >= 11 is 0. The minimum atomic E-state index is -0.717. The fourth-order valence-corrected chi connectivity index (χ4v) is 2.78. The van der Waals surface area contributed by atoms with E-state index in [1.165, 1.54) is 24.0 Å². The summed E-state index contributed by atoms with van der Waals surface area (Å²) in [6, 6.07) is 8.59. The number of hydrogen-bond donors (Lipinski definition) is 2. The number of hydrogen-bond acceptors (Lipinski definition) is 3. The van der Waals surface area contributed by atoms with Gasteiger partial charge in [0.2, 0.25) is 0 Å². The lowest BCUT2D eigenvalue weighted by molar-refractivity contribution is 0.0995. The summed E-state index contributed by atoms with van der Waals surface area (Å²) in [6.45, 7) is 4.82. The van der Waals surface area contributed by atoms with Crippen molar-refractivity contribution in [2.24, 2.45) is 5.73 Å². The lowest BCUT2D eigenvalue weighted by Gasteiger charge is -2.34. The molecule has 1 aromatic carbocycles. The molecule has 1 fully saturated rings. The normalized spacial score (nSPS) is 23.6. The van der Waals surface area contributed by atoms with E-state index in [0.717, 1.165) is 13.1 Å². The number of benzene rings is 1. The minimum absolute atomic E-state index is 0.586. The Morgan fingerprint density at radius 2 is 2.24 bits per heavy atom. The molecule has 0 aliphatic carbocycles. The quantitative estimate of drug-likeness (QED) is 0.778. The first-order valence-electron chi connectivity index (χ1n) is 6.38. The number of nitrogens with two attached hydrogens (primary N) is 1. The molecule has 1 heterocycles. The van der Waals surface area contributed by atoms with Crippen LogP contribution < -0.4 is 5.73 Å². The molecule has 0 amide bonds. The van der Waals surface area contributed by atoms with Gasteiger partial charge in [-0.25, -0.2) is 0 Å². The minimum Gasteiger partial charge on any atom is -0.377 e. The average molecular weight is 234 g/mol. The maximum absolute atomic E-state index is 9.25. The van der Waals surface area contributed by atoms with Crippen LogP contribution in [0.4, 0.5) is 0 Å². The van der Waals surface area contributed by atoms with E-state index in [2.05, 4.69) is 36.1 Å². The van der Waals surface area contributed by atoms with Crippen LogP contribution in [-0.4, -0.2) is 35.9 Å². The zero-order valence-corrected chi connectivity index (χ0v) is 10.5. The SMILES string of the molecule is Cc1ccccc1C1CCCN(CC(N)O)C1. The topological polar surface area (TPSA) is 49.5 Å². The van der Waals surface area contributed by atoms with Gasteiger partial charge < -0.3 is 10.8 Å². The number of aliphatic hydroxyl groups excluding tert-OH is 1. The Bertz CT molecular complexity index is 365. The Morgan fingerprint density at radius 3 is 2.94 bits per heavy atom. The number of nitrogens with zero attached hydrogens (tertiary/aromatic N) is 1. The van der Waals surface area contributed by atoms with E-state index in [1.54, 1.807) is 0 Å². The molecule has 0 saturated carbocycles. The molecule has 94 valence electrons. The number of β-amino-alcohol motifs (C(OH)–C–C–N with tert-alkyl or cyclic N) is 1. The van der Waals surface area contributed by atoms with Crippen molar-refractivity contribution >= 4 is 0 Å². The number of likely N-dealkylation sites (tertiary alicyclic amines) is 1. The van der Waals surface area contributed by atoms with Gasteiger partial charge in [0.1, 0.15) is 6.23 Å². The second kappa shape index (κ2) is 5.63. The van der Waals surface area contributed by atoms with E-state index in [1.807, 2.05) is 0 Å². The molecule has 0 bridgehead atoms. The number of aryl methyl sites for hydroxylation is 1. The van der Waals surface area contributed by atoms with Crippen LogP contribution in [0.25, 0.3) is 0 Å². The fraction of sp³-hybridized carbons (Fsp3) is 0.571. The van der Waals surface area contributed by atoms with Crippen LogP contribution in [0.2, 0.25) is 0 Å². The van der Waals surface area contributed by atoms with Crippen molar-refractivity contribution in [2.75, 3.05) is 19.6 Å². The van der Waals surface area contributed by atoms with Crippen LogP contribution in [0, 0.1) is 6.92 Å². The van der Waals surface area contributed by atoms with Crippen LogP contribution in [-0.2, 0) is 0 Å². The monoisotopic (exact) mass is 234 g/mol. The van der Waals surface area contributed by atoms with Gasteiger partial charge in [0.05, 0.1) is 0 Å². The lowest BCUT2D eigenvalue weighted by Crippen LogP contribution is -2.42. The highest BCUT2D eigenvalue weighted by Gasteiger charge is 2.22. The van der Waals surface area contributed by atoms with E-state index in [4.69, 9.17) is 5.73 Å². The molecule has 1 aliphatic rings. The van der Waals surface area contributed by atoms with Gasteiger partial charge in [-0.1, -0.05) is 24.3 Å². The first kappa shape index (κ1) is 12.6. The van der Waals surface area contributed by atoms with Crippen LogP contribution in [0.1, 0.15) is 29.9 Å². The van der Waals surface area contributed by atoms with Crippen molar-refractivity contribution in [2.45, 2.75) is 31.9 Å². The van der Waals surface area contributed by atoms with Gasteiger partial charge in [-0.2, -0.15) is 0 Å². The van der Waals surface area contributed by atoms with Crippen LogP contribution in [0.15, 0.2) is 24.3 Å². The van der Waals surface area contributed by atoms with Gasteiger partial charge in [0.15, 0.2) is 0 Å².